The maximum absolute atomic E-state index is 6.32. The van der Waals surface area contributed by atoms with Crippen LogP contribution in [0.2, 0.25) is 15.1 Å². The third-order valence-corrected chi connectivity index (χ3v) is 6.32. The van der Waals surface area contributed by atoms with E-state index in [0.717, 1.165) is 45.2 Å². The molecule has 0 bridgehead atoms. The standard InChI is InChI=1S/C22H17Cl3N4S2/c23-13-1-3-14(4-2-13)29(22(26)31)15-7-12(5-6-27-11-30)21-17(8-15)16-9-18(24)19(25)10-20(16)28-21/h1-4,7-11,28H,5-6H2,(H2,26,31)(H,27,30). The number of nitrogens with one attached hydrogen (secondary N) is 2. The molecule has 0 aliphatic carbocycles. The number of fused-ring (bicyclic) bond motifs is 3. The van der Waals surface area contributed by atoms with Gasteiger partial charge in [0.1, 0.15) is 0 Å². The Bertz CT molecular complexity index is 1300. The molecule has 0 fully saturated rings. The van der Waals surface area contributed by atoms with Crippen molar-refractivity contribution in [3.63, 3.8) is 0 Å². The molecule has 0 saturated heterocycles. The van der Waals surface area contributed by atoms with Gasteiger partial charge < -0.3 is 16.0 Å². The van der Waals surface area contributed by atoms with Gasteiger partial charge in [0.2, 0.25) is 0 Å². The summed E-state index contributed by atoms with van der Waals surface area (Å²) in [6, 6.07) is 15.2. The zero-order valence-corrected chi connectivity index (χ0v) is 20.0. The third kappa shape index (κ3) is 4.45. The predicted molar refractivity (Wildman–Crippen MR) is 142 cm³/mol. The van der Waals surface area contributed by atoms with E-state index in [-0.39, 0.29) is 5.11 Å². The van der Waals surface area contributed by atoms with Gasteiger partial charge in [-0.25, -0.2) is 0 Å². The summed E-state index contributed by atoms with van der Waals surface area (Å²) in [5, 5.41) is 6.90. The van der Waals surface area contributed by atoms with Gasteiger partial charge in [-0.2, -0.15) is 0 Å². The minimum atomic E-state index is 0.227. The molecule has 4 nitrogen and oxygen atoms in total. The highest BCUT2D eigenvalue weighted by Crippen LogP contribution is 2.38. The van der Waals surface area contributed by atoms with Crippen molar-refractivity contribution in [2.24, 2.45) is 5.73 Å². The molecule has 158 valence electrons. The number of hydrogen-bond donors (Lipinski definition) is 3. The zero-order chi connectivity index (χ0) is 22.1. The highest BCUT2D eigenvalue weighted by molar-refractivity contribution is 7.80. The van der Waals surface area contributed by atoms with Crippen molar-refractivity contribution in [2.75, 3.05) is 11.4 Å². The number of nitrogens with zero attached hydrogens (tertiary/aromatic N) is 1. The van der Waals surface area contributed by atoms with Crippen LogP contribution < -0.4 is 16.0 Å². The van der Waals surface area contributed by atoms with Gasteiger partial charge in [-0.15, -0.1) is 0 Å². The smallest absolute Gasteiger partial charge is 0.175 e. The Kier molecular flexibility index (Phi) is 6.55. The van der Waals surface area contributed by atoms with Gasteiger partial charge in [0.25, 0.3) is 0 Å². The molecule has 0 radical (unpaired) electrons. The second-order valence-electron chi connectivity index (χ2n) is 6.94. The Hall–Kier alpha value is -2.09. The first-order valence-corrected chi connectivity index (χ1v) is 11.4. The zero-order valence-electron chi connectivity index (χ0n) is 16.1. The fraction of sp³-hybridized carbons (Fsp3) is 0.0909. The van der Waals surface area contributed by atoms with Crippen molar-refractivity contribution in [1.82, 2.24) is 10.3 Å². The first kappa shape index (κ1) is 22.1. The number of halogens is 3. The van der Waals surface area contributed by atoms with Crippen LogP contribution >= 0.6 is 59.2 Å². The molecule has 0 aliphatic rings. The third-order valence-electron chi connectivity index (χ3n) is 5.00. The van der Waals surface area contributed by atoms with Gasteiger partial charge in [-0.1, -0.05) is 47.0 Å². The van der Waals surface area contributed by atoms with E-state index in [2.05, 4.69) is 16.4 Å². The summed E-state index contributed by atoms with van der Waals surface area (Å²) in [7, 11) is 0. The summed E-state index contributed by atoms with van der Waals surface area (Å²) in [6.07, 6.45) is 0.734. The Balaban J connectivity index is 1.96. The van der Waals surface area contributed by atoms with Gasteiger partial charge in [-0.05, 0) is 72.7 Å². The average Bonchev–Trinajstić information content (AvgIpc) is 3.07. The molecule has 1 heterocycles. The molecule has 3 aromatic carbocycles. The molecule has 1 aromatic heterocycles. The minimum absolute atomic E-state index is 0.227. The molecule has 9 heteroatoms. The van der Waals surface area contributed by atoms with Gasteiger partial charge in [0.05, 0.1) is 15.5 Å². The molecular weight excluding hydrogens is 491 g/mol. The summed E-state index contributed by atoms with van der Waals surface area (Å²) in [5.41, 5.74) is 12.3. The second kappa shape index (κ2) is 9.18. The second-order valence-corrected chi connectivity index (χ2v) is 8.84. The van der Waals surface area contributed by atoms with Crippen molar-refractivity contribution >= 4 is 103 Å². The normalized spacial score (nSPS) is 11.1. The number of benzene rings is 3. The number of H-pyrrole nitrogens is 1. The van der Waals surface area contributed by atoms with E-state index in [9.17, 15) is 0 Å². The van der Waals surface area contributed by atoms with Crippen LogP contribution in [0.25, 0.3) is 21.8 Å². The van der Waals surface area contributed by atoms with Crippen molar-refractivity contribution in [3.05, 3.63) is 69.2 Å². The predicted octanol–water partition coefficient (Wildman–Crippen LogP) is 6.75. The summed E-state index contributed by atoms with van der Waals surface area (Å²) >= 11 is 28.9. The number of aromatic nitrogens is 1. The van der Waals surface area contributed by atoms with Crippen molar-refractivity contribution in [3.8, 4) is 0 Å². The molecule has 0 amide bonds. The first-order chi connectivity index (χ1) is 14.9. The van der Waals surface area contributed by atoms with Crippen LogP contribution in [0.3, 0.4) is 0 Å². The van der Waals surface area contributed by atoms with E-state index in [1.54, 1.807) is 12.1 Å². The molecule has 4 aromatic rings. The van der Waals surface area contributed by atoms with E-state index in [1.165, 1.54) is 5.49 Å². The molecule has 4 rings (SSSR count). The molecule has 0 atom stereocenters. The van der Waals surface area contributed by atoms with Gasteiger partial charge in [0, 0.05) is 44.7 Å². The number of rotatable bonds is 6. The summed E-state index contributed by atoms with van der Waals surface area (Å²) < 4.78 is 0. The maximum atomic E-state index is 6.32. The first-order valence-electron chi connectivity index (χ1n) is 9.34. The van der Waals surface area contributed by atoms with Crippen LogP contribution in [0.15, 0.2) is 48.5 Å². The number of aromatic amines is 1. The molecule has 0 spiro atoms. The Morgan fingerprint density at radius 2 is 1.71 bits per heavy atom. The van der Waals surface area contributed by atoms with E-state index >= 15 is 0 Å². The fourth-order valence-electron chi connectivity index (χ4n) is 3.64. The monoisotopic (exact) mass is 506 g/mol. The number of anilines is 2. The Morgan fingerprint density at radius 3 is 2.39 bits per heavy atom. The highest BCUT2D eigenvalue weighted by Gasteiger charge is 2.18. The quantitative estimate of drug-likeness (QED) is 0.199. The molecule has 0 saturated carbocycles. The summed E-state index contributed by atoms with van der Waals surface area (Å²) in [5.74, 6) is 0. The van der Waals surface area contributed by atoms with Crippen molar-refractivity contribution in [2.45, 2.75) is 6.42 Å². The molecule has 4 N–H and O–H groups in total. The van der Waals surface area contributed by atoms with Crippen LogP contribution in [0.1, 0.15) is 5.56 Å². The Morgan fingerprint density at radius 1 is 1.00 bits per heavy atom. The SMILES string of the molecule is NC(=S)N(c1ccc(Cl)cc1)c1cc(CCNC=S)c2[nH]c3cc(Cl)c(Cl)cc3c2c1. The van der Waals surface area contributed by atoms with Crippen LogP contribution in [0.5, 0.6) is 0 Å². The highest BCUT2D eigenvalue weighted by atomic mass is 35.5. The largest absolute Gasteiger partial charge is 0.382 e. The maximum Gasteiger partial charge on any atom is 0.175 e. The topological polar surface area (TPSA) is 57.1 Å². The van der Waals surface area contributed by atoms with E-state index in [1.807, 2.05) is 35.2 Å². The minimum Gasteiger partial charge on any atom is -0.382 e. The lowest BCUT2D eigenvalue weighted by Gasteiger charge is -2.24. The molecule has 0 aliphatic heterocycles. The molecular formula is C22H17Cl3N4S2. The van der Waals surface area contributed by atoms with E-state index < -0.39 is 0 Å². The van der Waals surface area contributed by atoms with E-state index in [0.29, 0.717) is 21.6 Å². The molecule has 0 unspecified atom stereocenters. The van der Waals surface area contributed by atoms with Crippen molar-refractivity contribution in [1.29, 1.82) is 0 Å². The number of nitrogens with two attached hydrogens (primary N) is 1. The van der Waals surface area contributed by atoms with Crippen molar-refractivity contribution < 1.29 is 0 Å². The lowest BCUT2D eigenvalue weighted by Crippen LogP contribution is -2.31. The van der Waals surface area contributed by atoms with Gasteiger partial charge >= 0.3 is 0 Å². The fourth-order valence-corrected chi connectivity index (χ4v) is 4.42. The van der Waals surface area contributed by atoms with E-state index in [4.69, 9.17) is 65.0 Å². The van der Waals surface area contributed by atoms with Gasteiger partial charge in [0.15, 0.2) is 5.11 Å². The van der Waals surface area contributed by atoms with Crippen LogP contribution in [0, 0.1) is 0 Å². The summed E-state index contributed by atoms with van der Waals surface area (Å²) in [4.78, 5) is 5.29. The lowest BCUT2D eigenvalue weighted by molar-refractivity contribution is 0.890. The lowest BCUT2D eigenvalue weighted by atomic mass is 10.0. The number of thiocarbonyl (C=S) groups is 2. The van der Waals surface area contributed by atoms with Crippen LogP contribution in [-0.2, 0) is 6.42 Å². The Labute approximate surface area is 205 Å². The molecule has 31 heavy (non-hydrogen) atoms. The van der Waals surface area contributed by atoms with Gasteiger partial charge in [-0.3, -0.25) is 4.90 Å². The van der Waals surface area contributed by atoms with Crippen LogP contribution in [0.4, 0.5) is 11.4 Å². The number of hydrogen-bond acceptors (Lipinski definition) is 2. The summed E-state index contributed by atoms with van der Waals surface area (Å²) in [6.45, 7) is 0.687. The average molecular weight is 508 g/mol. The van der Waals surface area contributed by atoms with Crippen LogP contribution in [-0.4, -0.2) is 22.1 Å².